The largest absolute Gasteiger partial charge is 0.336 e. The number of aromatic nitrogens is 2. The van der Waals surface area contributed by atoms with Crippen LogP contribution in [0.3, 0.4) is 0 Å². The van der Waals surface area contributed by atoms with Crippen LogP contribution < -0.4 is 0 Å². The number of hydrogen-bond acceptors (Lipinski definition) is 6. The van der Waals surface area contributed by atoms with Crippen molar-refractivity contribution in [2.75, 3.05) is 6.54 Å². The van der Waals surface area contributed by atoms with Gasteiger partial charge in [0.2, 0.25) is 11.1 Å². The summed E-state index contributed by atoms with van der Waals surface area (Å²) in [4.78, 5) is 7.30. The molecule has 0 saturated heterocycles. The Labute approximate surface area is 190 Å². The topological polar surface area (TPSA) is 57.0 Å². The van der Waals surface area contributed by atoms with Crippen molar-refractivity contribution in [1.82, 2.24) is 20.1 Å². The number of aliphatic imine (C=N–C) groups is 1. The minimum atomic E-state index is 0.0468. The zero-order valence-corrected chi connectivity index (χ0v) is 19.5. The fourth-order valence-corrected chi connectivity index (χ4v) is 5.43. The maximum Gasteiger partial charge on any atom is 0.234 e. The Morgan fingerprint density at radius 1 is 1.00 bits per heavy atom. The van der Waals surface area contributed by atoms with Crippen molar-refractivity contribution in [3.8, 4) is 0 Å². The number of hydrogen-bond donors (Lipinski definition) is 0. The second-order valence-corrected chi connectivity index (χ2v) is 10.2. The Morgan fingerprint density at radius 3 is 2.52 bits per heavy atom. The molecule has 6 nitrogen and oxygen atoms in total. The maximum atomic E-state index is 4.98. The molecule has 3 heterocycles. The molecule has 1 atom stereocenters. The summed E-state index contributed by atoms with van der Waals surface area (Å²) in [5, 5.41) is 18.0. The standard InChI is InChI=1S/C23H24N6S2/c1-15-8-10-19(11-9-15)21-29(27-17(3)30-21)23(24-22-26-25-16(2)31-22)28-13-12-18-6-4-5-7-20(18)14-28/h4-11,21H,12-14H2,1-3H3/b24-23-/t21-/m0/s1. The van der Waals surface area contributed by atoms with Crippen molar-refractivity contribution < 1.29 is 0 Å². The van der Waals surface area contributed by atoms with Gasteiger partial charge in [-0.1, -0.05) is 77.2 Å². The Balaban J connectivity index is 1.55. The molecule has 2 aliphatic heterocycles. The molecule has 158 valence electrons. The summed E-state index contributed by atoms with van der Waals surface area (Å²) < 4.78 is 0. The predicted octanol–water partition coefficient (Wildman–Crippen LogP) is 5.28. The summed E-state index contributed by atoms with van der Waals surface area (Å²) in [5.41, 5.74) is 5.22. The Kier molecular flexibility index (Phi) is 5.50. The van der Waals surface area contributed by atoms with Crippen molar-refractivity contribution in [1.29, 1.82) is 0 Å². The maximum absolute atomic E-state index is 4.98. The average Bonchev–Trinajstić information content (AvgIpc) is 3.37. The fraction of sp³-hybridized carbons (Fsp3) is 0.304. The summed E-state index contributed by atoms with van der Waals surface area (Å²) >= 11 is 3.27. The molecule has 0 bridgehead atoms. The normalized spacial score (nSPS) is 18.9. The van der Waals surface area contributed by atoms with Gasteiger partial charge in [0.1, 0.15) is 10.4 Å². The van der Waals surface area contributed by atoms with Crippen molar-refractivity contribution in [2.24, 2.45) is 10.1 Å². The molecule has 5 rings (SSSR count). The number of rotatable bonds is 2. The minimum absolute atomic E-state index is 0.0468. The van der Waals surface area contributed by atoms with E-state index in [1.165, 1.54) is 33.6 Å². The van der Waals surface area contributed by atoms with Gasteiger partial charge in [0, 0.05) is 13.1 Å². The molecule has 0 amide bonds. The lowest BCUT2D eigenvalue weighted by atomic mass is 10.0. The summed E-state index contributed by atoms with van der Waals surface area (Å²) in [6, 6.07) is 17.3. The highest BCUT2D eigenvalue weighted by molar-refractivity contribution is 8.14. The third kappa shape index (κ3) is 4.22. The van der Waals surface area contributed by atoms with Gasteiger partial charge >= 0.3 is 0 Å². The molecule has 2 aliphatic rings. The van der Waals surface area contributed by atoms with Crippen LogP contribution in [0, 0.1) is 13.8 Å². The van der Waals surface area contributed by atoms with Crippen molar-refractivity contribution in [3.05, 3.63) is 75.8 Å². The van der Waals surface area contributed by atoms with Gasteiger partial charge in [-0.2, -0.15) is 10.1 Å². The van der Waals surface area contributed by atoms with Gasteiger partial charge in [0.25, 0.3) is 0 Å². The van der Waals surface area contributed by atoms with Crippen molar-refractivity contribution >= 4 is 39.2 Å². The number of thioether (sulfide) groups is 1. The minimum Gasteiger partial charge on any atom is -0.336 e. The molecule has 0 unspecified atom stereocenters. The molecular weight excluding hydrogens is 424 g/mol. The van der Waals surface area contributed by atoms with Gasteiger partial charge in [-0.3, -0.25) is 0 Å². The molecule has 8 heteroatoms. The summed E-state index contributed by atoms with van der Waals surface area (Å²) in [5.74, 6) is 0.834. The van der Waals surface area contributed by atoms with E-state index in [-0.39, 0.29) is 5.37 Å². The smallest absolute Gasteiger partial charge is 0.234 e. The molecule has 31 heavy (non-hydrogen) atoms. The number of guanidine groups is 1. The van der Waals surface area contributed by atoms with Crippen LogP contribution in [0.1, 0.15) is 39.6 Å². The molecule has 0 aliphatic carbocycles. The van der Waals surface area contributed by atoms with Crippen molar-refractivity contribution in [2.45, 2.75) is 39.1 Å². The highest BCUT2D eigenvalue weighted by atomic mass is 32.2. The second-order valence-electron chi connectivity index (χ2n) is 7.80. The SMILES string of the molecule is CC1=NN(/C(=N\c2nnc(C)s2)N2CCc3ccccc3C2)[C@H](c2ccc(C)cc2)S1. The predicted molar refractivity (Wildman–Crippen MR) is 129 cm³/mol. The summed E-state index contributed by atoms with van der Waals surface area (Å²) in [7, 11) is 0. The molecule has 0 saturated carbocycles. The lowest BCUT2D eigenvalue weighted by molar-refractivity contribution is 0.305. The zero-order chi connectivity index (χ0) is 21.4. The lowest BCUT2D eigenvalue weighted by Crippen LogP contribution is -2.44. The third-order valence-electron chi connectivity index (χ3n) is 5.44. The van der Waals surface area contributed by atoms with Gasteiger partial charge in [-0.25, -0.2) is 5.01 Å². The van der Waals surface area contributed by atoms with Crippen LogP contribution in [-0.4, -0.2) is 37.7 Å². The molecular formula is C23H24N6S2. The second kappa shape index (κ2) is 8.43. The molecule has 0 spiro atoms. The van der Waals surface area contributed by atoms with Crippen LogP contribution in [0.2, 0.25) is 0 Å². The van der Waals surface area contributed by atoms with Crippen LogP contribution in [0.25, 0.3) is 0 Å². The highest BCUT2D eigenvalue weighted by Crippen LogP contribution is 2.41. The highest BCUT2D eigenvalue weighted by Gasteiger charge is 2.34. The third-order valence-corrected chi connectivity index (χ3v) is 7.30. The first kappa shape index (κ1) is 20.2. The monoisotopic (exact) mass is 448 g/mol. The van der Waals surface area contributed by atoms with Gasteiger partial charge in [0.05, 0.1) is 5.04 Å². The number of nitrogens with zero attached hydrogens (tertiary/aromatic N) is 6. The van der Waals surface area contributed by atoms with Crippen LogP contribution in [0.4, 0.5) is 5.13 Å². The molecule has 0 fully saturated rings. The van der Waals surface area contributed by atoms with Crippen LogP contribution in [0.15, 0.2) is 58.6 Å². The number of aryl methyl sites for hydroxylation is 2. The Hall–Kier alpha value is -2.71. The summed E-state index contributed by atoms with van der Waals surface area (Å²) in [6.45, 7) is 7.83. The van der Waals surface area contributed by atoms with Gasteiger partial charge in [-0.05, 0) is 43.9 Å². The molecule has 0 radical (unpaired) electrons. The Morgan fingerprint density at radius 2 is 1.77 bits per heavy atom. The molecule has 3 aromatic rings. The average molecular weight is 449 g/mol. The molecule has 0 N–H and O–H groups in total. The van der Waals surface area contributed by atoms with E-state index in [1.54, 1.807) is 11.8 Å². The van der Waals surface area contributed by atoms with E-state index in [9.17, 15) is 0 Å². The van der Waals surface area contributed by atoms with Gasteiger partial charge in [0.15, 0.2) is 0 Å². The van der Waals surface area contributed by atoms with E-state index in [1.807, 2.05) is 6.92 Å². The first-order chi connectivity index (χ1) is 15.1. The first-order valence-electron chi connectivity index (χ1n) is 10.3. The van der Waals surface area contributed by atoms with Crippen LogP contribution >= 0.6 is 23.1 Å². The fourth-order valence-electron chi connectivity index (χ4n) is 3.88. The number of hydrazone groups is 1. The van der Waals surface area contributed by atoms with Gasteiger partial charge < -0.3 is 4.90 Å². The zero-order valence-electron chi connectivity index (χ0n) is 17.8. The van der Waals surface area contributed by atoms with E-state index >= 15 is 0 Å². The number of fused-ring (bicyclic) bond motifs is 1. The Bertz CT molecular complexity index is 1150. The van der Waals surface area contributed by atoms with Gasteiger partial charge in [-0.15, -0.1) is 10.2 Å². The first-order valence-corrected chi connectivity index (χ1v) is 12.0. The molecule has 2 aromatic carbocycles. The van der Waals surface area contributed by atoms with E-state index in [2.05, 4.69) is 82.5 Å². The number of benzene rings is 2. The van der Waals surface area contributed by atoms with Crippen LogP contribution in [0.5, 0.6) is 0 Å². The van der Waals surface area contributed by atoms with E-state index in [4.69, 9.17) is 10.1 Å². The van der Waals surface area contributed by atoms with E-state index < -0.39 is 0 Å². The van der Waals surface area contributed by atoms with E-state index in [0.29, 0.717) is 5.13 Å². The molecule has 1 aromatic heterocycles. The quantitative estimate of drug-likeness (QED) is 0.394. The van der Waals surface area contributed by atoms with Crippen molar-refractivity contribution in [3.63, 3.8) is 0 Å². The summed E-state index contributed by atoms with van der Waals surface area (Å²) in [6.07, 6.45) is 0.989. The van der Waals surface area contributed by atoms with E-state index in [0.717, 1.165) is 35.5 Å². The lowest BCUT2D eigenvalue weighted by Gasteiger charge is -2.35. The van der Waals surface area contributed by atoms with Crippen LogP contribution in [-0.2, 0) is 13.0 Å².